The van der Waals surface area contributed by atoms with Crippen molar-refractivity contribution in [3.05, 3.63) is 53.1 Å². The molecule has 1 saturated heterocycles. The molecule has 2 fully saturated rings. The molecule has 5 rings (SSSR count). The largest absolute Gasteiger partial charge is 0.487 e. The van der Waals surface area contributed by atoms with Crippen LogP contribution < -0.4 is 10.1 Å². The summed E-state index contributed by atoms with van der Waals surface area (Å²) in [6.07, 6.45) is 8.67. The van der Waals surface area contributed by atoms with Gasteiger partial charge in [0.15, 0.2) is 0 Å². The van der Waals surface area contributed by atoms with Crippen LogP contribution in [0.4, 0.5) is 0 Å². The predicted molar refractivity (Wildman–Crippen MR) is 131 cm³/mol. The number of amides is 1. The van der Waals surface area contributed by atoms with Gasteiger partial charge >= 0.3 is 0 Å². The zero-order valence-corrected chi connectivity index (χ0v) is 20.0. The number of nitrogens with one attached hydrogen (secondary N) is 1. The Hall–Kier alpha value is -2.37. The molecule has 0 atom stereocenters. The second kappa shape index (κ2) is 9.47. The third-order valence-electron chi connectivity index (χ3n) is 7.93. The molecule has 1 N–H and O–H groups in total. The molecule has 33 heavy (non-hydrogen) atoms. The van der Waals surface area contributed by atoms with E-state index in [-0.39, 0.29) is 11.5 Å². The number of nitrogens with zero attached hydrogens (tertiary/aromatic N) is 1. The first kappa shape index (κ1) is 22.4. The molecule has 0 aromatic heterocycles. The lowest BCUT2D eigenvalue weighted by molar-refractivity contribution is -0.0336. The Morgan fingerprint density at radius 3 is 2.58 bits per heavy atom. The van der Waals surface area contributed by atoms with Gasteiger partial charge in [-0.1, -0.05) is 24.6 Å². The minimum atomic E-state index is -0.0522. The lowest BCUT2D eigenvalue weighted by Crippen LogP contribution is -2.53. The van der Waals surface area contributed by atoms with Gasteiger partial charge in [0.05, 0.1) is 6.61 Å². The van der Waals surface area contributed by atoms with Crippen LogP contribution in [0.25, 0.3) is 11.1 Å². The number of ether oxygens (including phenoxy) is 2. The van der Waals surface area contributed by atoms with E-state index in [1.54, 1.807) is 7.11 Å². The number of likely N-dealkylation sites (tertiary alicyclic amines) is 1. The number of hydrogen-bond acceptors (Lipinski definition) is 4. The van der Waals surface area contributed by atoms with Crippen LogP contribution in [0.1, 0.15) is 60.0 Å². The van der Waals surface area contributed by atoms with Gasteiger partial charge in [-0.2, -0.15) is 0 Å². The molecule has 1 amide bonds. The highest BCUT2D eigenvalue weighted by Crippen LogP contribution is 2.42. The predicted octanol–water partition coefficient (Wildman–Crippen LogP) is 4.75. The number of aryl methyl sites for hydroxylation is 2. The maximum Gasteiger partial charge on any atom is 0.251 e. The average Bonchev–Trinajstić information content (AvgIpc) is 2.79. The zero-order chi connectivity index (χ0) is 22.8. The SMILES string of the molecule is COCCNC(=O)c1ccc(-c2ccc3c(c2)CCC2(CCN(C4CCC4)CC2)O3)cc1C. The van der Waals surface area contributed by atoms with E-state index >= 15 is 0 Å². The van der Waals surface area contributed by atoms with Gasteiger partial charge in [-0.25, -0.2) is 0 Å². The quantitative estimate of drug-likeness (QED) is 0.648. The normalized spacial score (nSPS) is 20.1. The Morgan fingerprint density at radius 1 is 1.12 bits per heavy atom. The highest BCUT2D eigenvalue weighted by molar-refractivity contribution is 5.96. The Labute approximate surface area is 197 Å². The number of benzene rings is 2. The van der Waals surface area contributed by atoms with Gasteiger partial charge in [0.1, 0.15) is 11.4 Å². The number of hydrogen-bond donors (Lipinski definition) is 1. The second-order valence-electron chi connectivity index (χ2n) is 10.0. The maximum absolute atomic E-state index is 12.4. The molecule has 0 bridgehead atoms. The highest BCUT2D eigenvalue weighted by atomic mass is 16.5. The summed E-state index contributed by atoms with van der Waals surface area (Å²) in [7, 11) is 1.63. The van der Waals surface area contributed by atoms with E-state index < -0.39 is 0 Å². The lowest BCUT2D eigenvalue weighted by Gasteiger charge is -2.48. The highest BCUT2D eigenvalue weighted by Gasteiger charge is 2.41. The first-order chi connectivity index (χ1) is 16.1. The Balaban J connectivity index is 1.26. The number of carbonyl (C=O) groups is 1. The molecule has 176 valence electrons. The summed E-state index contributed by atoms with van der Waals surface area (Å²) in [6, 6.07) is 13.5. The van der Waals surface area contributed by atoms with Crippen molar-refractivity contribution in [1.82, 2.24) is 10.2 Å². The van der Waals surface area contributed by atoms with Gasteiger partial charge in [-0.3, -0.25) is 4.79 Å². The average molecular weight is 449 g/mol. The third-order valence-corrected chi connectivity index (χ3v) is 7.93. The first-order valence-corrected chi connectivity index (χ1v) is 12.5. The topological polar surface area (TPSA) is 50.8 Å². The second-order valence-corrected chi connectivity index (χ2v) is 10.0. The van der Waals surface area contributed by atoms with E-state index in [9.17, 15) is 4.79 Å². The van der Waals surface area contributed by atoms with E-state index in [1.807, 2.05) is 19.1 Å². The molecule has 1 saturated carbocycles. The van der Waals surface area contributed by atoms with Crippen LogP contribution in [0.15, 0.2) is 36.4 Å². The van der Waals surface area contributed by atoms with Gasteiger partial charge in [0.25, 0.3) is 5.91 Å². The Bertz CT molecular complexity index is 1010. The van der Waals surface area contributed by atoms with Crippen molar-refractivity contribution < 1.29 is 14.3 Å². The lowest BCUT2D eigenvalue weighted by atomic mass is 9.81. The molecule has 2 aromatic carbocycles. The monoisotopic (exact) mass is 448 g/mol. The molecule has 1 spiro atoms. The minimum Gasteiger partial charge on any atom is -0.487 e. The van der Waals surface area contributed by atoms with Gasteiger partial charge in [0.2, 0.25) is 0 Å². The van der Waals surface area contributed by atoms with Crippen LogP contribution in [0.5, 0.6) is 5.75 Å². The molecule has 5 nitrogen and oxygen atoms in total. The molecular weight excluding hydrogens is 412 g/mol. The summed E-state index contributed by atoms with van der Waals surface area (Å²) in [5.74, 6) is 1.01. The molecule has 1 aliphatic carbocycles. The summed E-state index contributed by atoms with van der Waals surface area (Å²) >= 11 is 0. The van der Waals surface area contributed by atoms with Crippen molar-refractivity contribution in [3.8, 4) is 16.9 Å². The summed E-state index contributed by atoms with van der Waals surface area (Å²) in [4.78, 5) is 15.1. The summed E-state index contributed by atoms with van der Waals surface area (Å²) in [5, 5.41) is 2.90. The number of fused-ring (bicyclic) bond motifs is 1. The van der Waals surface area contributed by atoms with Crippen molar-refractivity contribution >= 4 is 5.91 Å². The number of piperidine rings is 1. The summed E-state index contributed by atoms with van der Waals surface area (Å²) in [5.41, 5.74) is 5.35. The van der Waals surface area contributed by atoms with Crippen molar-refractivity contribution in [2.45, 2.75) is 63.5 Å². The van der Waals surface area contributed by atoms with Gasteiger partial charge in [0, 0.05) is 38.3 Å². The zero-order valence-electron chi connectivity index (χ0n) is 20.0. The number of rotatable bonds is 6. The molecule has 2 aromatic rings. The summed E-state index contributed by atoms with van der Waals surface area (Å²) in [6.45, 7) is 5.39. The van der Waals surface area contributed by atoms with Crippen molar-refractivity contribution in [1.29, 1.82) is 0 Å². The van der Waals surface area contributed by atoms with Gasteiger partial charge in [-0.05, 0) is 85.9 Å². The first-order valence-electron chi connectivity index (χ1n) is 12.5. The molecule has 2 aliphatic heterocycles. The smallest absolute Gasteiger partial charge is 0.251 e. The van der Waals surface area contributed by atoms with Gasteiger partial charge < -0.3 is 19.7 Å². The minimum absolute atomic E-state index is 0.0309. The van der Waals surface area contributed by atoms with Crippen molar-refractivity contribution in [2.24, 2.45) is 0 Å². The molecular formula is C28H36N2O3. The van der Waals surface area contributed by atoms with E-state index in [2.05, 4.69) is 34.5 Å². The standard InChI is InChI=1S/C28H36N2O3/c1-20-18-21(6-8-25(20)27(31)29-14-17-32-2)22-7-9-26-23(19-22)10-11-28(33-26)12-15-30(16-13-28)24-4-3-5-24/h6-9,18-19,24H,3-5,10-17H2,1-2H3,(H,29,31). The molecule has 0 radical (unpaired) electrons. The van der Waals surface area contributed by atoms with Crippen molar-refractivity contribution in [2.75, 3.05) is 33.4 Å². The van der Waals surface area contributed by atoms with Gasteiger partial charge in [-0.15, -0.1) is 0 Å². The van der Waals surface area contributed by atoms with Crippen LogP contribution >= 0.6 is 0 Å². The molecule has 3 aliphatic rings. The number of methoxy groups -OCH3 is 1. The van der Waals surface area contributed by atoms with Crippen molar-refractivity contribution in [3.63, 3.8) is 0 Å². The van der Waals surface area contributed by atoms with Crippen LogP contribution in [-0.2, 0) is 11.2 Å². The molecule has 2 heterocycles. The Kier molecular flexibility index (Phi) is 6.44. The molecule has 5 heteroatoms. The van der Waals surface area contributed by atoms with Crippen LogP contribution in [0.2, 0.25) is 0 Å². The van der Waals surface area contributed by atoms with Crippen LogP contribution in [-0.4, -0.2) is 55.8 Å². The fourth-order valence-corrected chi connectivity index (χ4v) is 5.56. The van der Waals surface area contributed by atoms with E-state index in [0.29, 0.717) is 18.7 Å². The number of carbonyl (C=O) groups excluding carboxylic acids is 1. The van der Waals surface area contributed by atoms with E-state index in [0.717, 1.165) is 48.6 Å². The van der Waals surface area contributed by atoms with E-state index in [1.165, 1.54) is 43.5 Å². The third kappa shape index (κ3) is 4.67. The fourth-order valence-electron chi connectivity index (χ4n) is 5.56. The van der Waals surface area contributed by atoms with E-state index in [4.69, 9.17) is 9.47 Å². The molecule has 0 unspecified atom stereocenters. The summed E-state index contributed by atoms with van der Waals surface area (Å²) < 4.78 is 11.7. The maximum atomic E-state index is 12.4. The fraction of sp³-hybridized carbons (Fsp3) is 0.536. The van der Waals surface area contributed by atoms with Crippen LogP contribution in [0, 0.1) is 6.92 Å². The van der Waals surface area contributed by atoms with Crippen LogP contribution in [0.3, 0.4) is 0 Å². The Morgan fingerprint density at radius 2 is 1.88 bits per heavy atom.